The number of hydrogen-bond acceptors (Lipinski definition) is 2. The minimum atomic E-state index is 0.144. The van der Waals surface area contributed by atoms with Crippen LogP contribution in [-0.2, 0) is 0 Å². The number of aromatic nitrogens is 1. The molecule has 4 aromatic rings. The van der Waals surface area contributed by atoms with E-state index in [0.717, 1.165) is 28.6 Å². The number of methoxy groups -OCH3 is 2. The van der Waals surface area contributed by atoms with Crippen molar-refractivity contribution >= 4 is 22.5 Å². The molecule has 0 fully saturated rings. The van der Waals surface area contributed by atoms with Crippen molar-refractivity contribution in [2.45, 2.75) is 12.0 Å². The fraction of sp³-hybridized carbons (Fsp3) is 0.200. The van der Waals surface area contributed by atoms with Crippen molar-refractivity contribution in [3.8, 4) is 11.5 Å². The minimum absolute atomic E-state index is 0.144. The number of rotatable bonds is 4. The van der Waals surface area contributed by atoms with Gasteiger partial charge in [0.25, 0.3) is 0 Å². The second-order valence-electron chi connectivity index (χ2n) is 7.64. The molecule has 5 rings (SSSR count). The van der Waals surface area contributed by atoms with Gasteiger partial charge in [0.1, 0.15) is 0 Å². The molecular formula is C25H24ClN2O2+. The Labute approximate surface area is 180 Å². The van der Waals surface area contributed by atoms with Gasteiger partial charge in [0, 0.05) is 27.1 Å². The second-order valence-corrected chi connectivity index (χ2v) is 8.04. The second kappa shape index (κ2) is 7.71. The first kappa shape index (κ1) is 19.0. The quantitative estimate of drug-likeness (QED) is 0.506. The van der Waals surface area contributed by atoms with Gasteiger partial charge in [-0.1, -0.05) is 48.0 Å². The molecule has 0 saturated carbocycles. The standard InChI is InChI=1S/C25H23ClN2O2/c1-29-21-12-11-15(13-22(21)30-2)24-25-23(17-8-4-6-10-20(17)28-25)18(14-27-24)16-7-3-5-9-19(16)26/h3-13,18,24,27-28H,14H2,1-2H3/p+1/t18-,24+/m1/s1. The molecule has 0 aliphatic carbocycles. The largest absolute Gasteiger partial charge is 0.493 e. The summed E-state index contributed by atoms with van der Waals surface area (Å²) >= 11 is 6.61. The minimum Gasteiger partial charge on any atom is -0.493 e. The maximum atomic E-state index is 6.61. The average molecular weight is 420 g/mol. The maximum absolute atomic E-state index is 6.61. The molecule has 0 amide bonds. The Morgan fingerprint density at radius 2 is 1.70 bits per heavy atom. The molecule has 0 unspecified atom stereocenters. The molecule has 1 aromatic heterocycles. The molecule has 2 atom stereocenters. The van der Waals surface area contributed by atoms with Crippen molar-refractivity contribution in [1.82, 2.24) is 4.98 Å². The summed E-state index contributed by atoms with van der Waals surface area (Å²) in [6, 6.07) is 23.0. The van der Waals surface area contributed by atoms with Gasteiger partial charge < -0.3 is 19.8 Å². The predicted octanol–water partition coefficient (Wildman–Crippen LogP) is 4.64. The van der Waals surface area contributed by atoms with Crippen LogP contribution < -0.4 is 14.8 Å². The van der Waals surface area contributed by atoms with Crippen LogP contribution in [0.5, 0.6) is 11.5 Å². The van der Waals surface area contributed by atoms with E-state index >= 15 is 0 Å². The number of nitrogens with two attached hydrogens (primary N) is 1. The molecule has 0 radical (unpaired) electrons. The van der Waals surface area contributed by atoms with E-state index in [4.69, 9.17) is 21.1 Å². The van der Waals surface area contributed by atoms with Crippen LogP contribution in [0.4, 0.5) is 0 Å². The van der Waals surface area contributed by atoms with E-state index in [9.17, 15) is 0 Å². The molecule has 1 aliphatic rings. The number of quaternary nitrogens is 1. The third-order valence-corrected chi connectivity index (χ3v) is 6.44. The third kappa shape index (κ3) is 3.04. The van der Waals surface area contributed by atoms with E-state index < -0.39 is 0 Å². The van der Waals surface area contributed by atoms with Gasteiger partial charge in [-0.3, -0.25) is 0 Å². The monoisotopic (exact) mass is 419 g/mol. The lowest BCUT2D eigenvalue weighted by molar-refractivity contribution is -0.692. The zero-order chi connectivity index (χ0) is 20.7. The van der Waals surface area contributed by atoms with Gasteiger partial charge in [-0.2, -0.15) is 0 Å². The number of hydrogen-bond donors (Lipinski definition) is 2. The number of ether oxygens (including phenoxy) is 2. The number of para-hydroxylation sites is 1. The Balaban J connectivity index is 1.68. The first-order valence-corrected chi connectivity index (χ1v) is 10.5. The Morgan fingerprint density at radius 1 is 0.933 bits per heavy atom. The number of nitrogens with one attached hydrogen (secondary N) is 1. The molecule has 2 heterocycles. The van der Waals surface area contributed by atoms with Gasteiger partial charge in [-0.15, -0.1) is 0 Å². The summed E-state index contributed by atoms with van der Waals surface area (Å²) in [6.07, 6.45) is 0. The maximum Gasteiger partial charge on any atom is 0.161 e. The van der Waals surface area contributed by atoms with Gasteiger partial charge in [-0.05, 0) is 35.9 Å². The van der Waals surface area contributed by atoms with Crippen molar-refractivity contribution in [3.63, 3.8) is 0 Å². The Kier molecular flexibility index (Phi) is 4.89. The lowest BCUT2D eigenvalue weighted by atomic mass is 9.83. The summed E-state index contributed by atoms with van der Waals surface area (Å²) in [6.45, 7) is 0.914. The van der Waals surface area contributed by atoms with Gasteiger partial charge in [0.15, 0.2) is 17.5 Å². The van der Waals surface area contributed by atoms with E-state index in [2.05, 4.69) is 58.8 Å². The highest BCUT2D eigenvalue weighted by Crippen LogP contribution is 2.41. The number of aromatic amines is 1. The number of halogens is 1. The zero-order valence-corrected chi connectivity index (χ0v) is 17.7. The summed E-state index contributed by atoms with van der Waals surface area (Å²) in [5.74, 6) is 1.71. The van der Waals surface area contributed by atoms with Crippen LogP contribution in [-0.4, -0.2) is 25.7 Å². The van der Waals surface area contributed by atoms with E-state index in [-0.39, 0.29) is 12.0 Å². The predicted molar refractivity (Wildman–Crippen MR) is 120 cm³/mol. The molecule has 4 nitrogen and oxygen atoms in total. The SMILES string of the molecule is COc1ccc([C@@H]2[NH2+]C[C@H](c3ccccc3Cl)c3c2[nH]c2ccccc32)cc1OC. The van der Waals surface area contributed by atoms with Gasteiger partial charge >= 0.3 is 0 Å². The molecule has 3 N–H and O–H groups in total. The Hall–Kier alpha value is -2.95. The molecule has 1 aliphatic heterocycles. The summed E-state index contributed by atoms with van der Waals surface area (Å²) in [5.41, 5.74) is 6.06. The molecule has 3 aromatic carbocycles. The van der Waals surface area contributed by atoms with E-state index in [1.165, 1.54) is 27.8 Å². The molecular weight excluding hydrogens is 396 g/mol. The Bertz CT molecular complexity index is 1220. The van der Waals surface area contributed by atoms with Crippen LogP contribution in [0.15, 0.2) is 66.7 Å². The smallest absolute Gasteiger partial charge is 0.161 e. The highest BCUT2D eigenvalue weighted by molar-refractivity contribution is 6.31. The number of H-pyrrole nitrogens is 1. The topological polar surface area (TPSA) is 50.9 Å². The first-order valence-electron chi connectivity index (χ1n) is 10.1. The molecule has 30 heavy (non-hydrogen) atoms. The van der Waals surface area contributed by atoms with Crippen molar-refractivity contribution in [2.24, 2.45) is 0 Å². The van der Waals surface area contributed by atoms with Crippen LogP contribution in [0.1, 0.15) is 34.3 Å². The molecule has 0 spiro atoms. The number of benzene rings is 3. The van der Waals surface area contributed by atoms with Crippen LogP contribution in [0.3, 0.4) is 0 Å². The first-order chi connectivity index (χ1) is 14.7. The van der Waals surface area contributed by atoms with Gasteiger partial charge in [-0.25, -0.2) is 0 Å². The van der Waals surface area contributed by atoms with Crippen LogP contribution in [0, 0.1) is 0 Å². The van der Waals surface area contributed by atoms with Crippen molar-refractivity contribution < 1.29 is 14.8 Å². The van der Waals surface area contributed by atoms with Gasteiger partial charge in [0.05, 0.1) is 32.4 Å². The highest BCUT2D eigenvalue weighted by Gasteiger charge is 2.36. The Morgan fingerprint density at radius 3 is 2.50 bits per heavy atom. The van der Waals surface area contributed by atoms with E-state index in [0.29, 0.717) is 0 Å². The molecule has 5 heteroatoms. The summed E-state index contributed by atoms with van der Waals surface area (Å²) in [7, 11) is 3.34. The van der Waals surface area contributed by atoms with Crippen LogP contribution in [0.25, 0.3) is 10.9 Å². The summed E-state index contributed by atoms with van der Waals surface area (Å²) in [4.78, 5) is 3.70. The fourth-order valence-corrected chi connectivity index (χ4v) is 4.97. The molecule has 0 bridgehead atoms. The van der Waals surface area contributed by atoms with Crippen LogP contribution >= 0.6 is 11.6 Å². The van der Waals surface area contributed by atoms with Crippen LogP contribution in [0.2, 0.25) is 5.02 Å². The third-order valence-electron chi connectivity index (χ3n) is 6.09. The average Bonchev–Trinajstić information content (AvgIpc) is 3.18. The van der Waals surface area contributed by atoms with Gasteiger partial charge in [0.2, 0.25) is 0 Å². The summed E-state index contributed by atoms with van der Waals surface area (Å²) < 4.78 is 11.0. The highest BCUT2D eigenvalue weighted by atomic mass is 35.5. The van der Waals surface area contributed by atoms with E-state index in [1.807, 2.05) is 18.2 Å². The van der Waals surface area contributed by atoms with E-state index in [1.54, 1.807) is 14.2 Å². The molecule has 152 valence electrons. The number of fused-ring (bicyclic) bond motifs is 3. The van der Waals surface area contributed by atoms with Crippen molar-refractivity contribution in [3.05, 3.63) is 94.1 Å². The zero-order valence-electron chi connectivity index (χ0n) is 17.0. The fourth-order valence-electron chi connectivity index (χ4n) is 4.70. The van der Waals surface area contributed by atoms with Crippen molar-refractivity contribution in [1.29, 1.82) is 0 Å². The summed E-state index contributed by atoms with van der Waals surface area (Å²) in [5, 5.41) is 4.46. The lowest BCUT2D eigenvalue weighted by Gasteiger charge is -2.29. The lowest BCUT2D eigenvalue weighted by Crippen LogP contribution is -2.88. The normalized spacial score (nSPS) is 18.2. The molecule has 0 saturated heterocycles. The van der Waals surface area contributed by atoms with Crippen molar-refractivity contribution in [2.75, 3.05) is 20.8 Å².